The lowest BCUT2D eigenvalue weighted by molar-refractivity contribution is 0.104. The van der Waals surface area contributed by atoms with Crippen LogP contribution in [0.2, 0.25) is 5.02 Å². The molecule has 14 heavy (non-hydrogen) atoms. The van der Waals surface area contributed by atoms with Gasteiger partial charge in [-0.05, 0) is 31.5 Å². The number of halogens is 1. The molecule has 1 aliphatic rings. The molecule has 2 rings (SSSR count). The van der Waals surface area contributed by atoms with E-state index in [2.05, 4.69) is 5.32 Å². The Balaban J connectivity index is 2.65. The highest BCUT2D eigenvalue weighted by atomic mass is 35.5. The van der Waals surface area contributed by atoms with Crippen molar-refractivity contribution in [1.29, 1.82) is 0 Å². The highest BCUT2D eigenvalue weighted by Gasteiger charge is 2.25. The van der Waals surface area contributed by atoms with Gasteiger partial charge in [-0.15, -0.1) is 0 Å². The molecule has 0 aliphatic carbocycles. The van der Waals surface area contributed by atoms with Gasteiger partial charge >= 0.3 is 0 Å². The number of fused-ring (bicyclic) bond motifs is 1. The molecule has 0 unspecified atom stereocenters. The van der Waals surface area contributed by atoms with Gasteiger partial charge in [-0.2, -0.15) is 0 Å². The number of Topliss-reactive ketones (excluding diaryl/α,β-unsaturated/α-hetero) is 1. The van der Waals surface area contributed by atoms with Gasteiger partial charge in [0.15, 0.2) is 0 Å². The second-order valence-electron chi connectivity index (χ2n) is 3.30. The summed E-state index contributed by atoms with van der Waals surface area (Å²) in [6.45, 7) is 3.77. The smallest absolute Gasteiger partial charge is 0.210 e. The van der Waals surface area contributed by atoms with Crippen LogP contribution in [0.15, 0.2) is 23.9 Å². The number of rotatable bonds is 0. The molecule has 0 saturated heterocycles. The fourth-order valence-electron chi connectivity index (χ4n) is 1.63. The van der Waals surface area contributed by atoms with Gasteiger partial charge in [0.25, 0.3) is 0 Å². The molecule has 1 aliphatic heterocycles. The molecule has 0 amide bonds. The normalized spacial score (nSPS) is 17.1. The van der Waals surface area contributed by atoms with Crippen LogP contribution in [0.3, 0.4) is 0 Å². The molecule has 0 radical (unpaired) electrons. The van der Waals surface area contributed by atoms with Crippen molar-refractivity contribution in [2.75, 3.05) is 5.32 Å². The highest BCUT2D eigenvalue weighted by molar-refractivity contribution is 6.32. The molecule has 0 aromatic heterocycles. The molecule has 72 valence electrons. The van der Waals surface area contributed by atoms with E-state index < -0.39 is 0 Å². The molecule has 1 N–H and O–H groups in total. The number of allylic oxidation sites excluding steroid dienone is 2. The summed E-state index contributed by atoms with van der Waals surface area (Å²) in [6.07, 6.45) is 1.77. The third kappa shape index (κ3) is 1.23. The van der Waals surface area contributed by atoms with Crippen LogP contribution in [0.4, 0.5) is 5.69 Å². The summed E-state index contributed by atoms with van der Waals surface area (Å²) in [7, 11) is 0. The molecule has 0 bridgehead atoms. The molecular weight excluding hydrogens is 198 g/mol. The van der Waals surface area contributed by atoms with Gasteiger partial charge in [0.05, 0.1) is 11.4 Å². The molecule has 3 heteroatoms. The lowest BCUT2D eigenvalue weighted by atomic mass is 10.1. The van der Waals surface area contributed by atoms with Crippen molar-refractivity contribution in [3.8, 4) is 0 Å². The number of anilines is 1. The lowest BCUT2D eigenvalue weighted by Crippen LogP contribution is -1.98. The van der Waals surface area contributed by atoms with E-state index in [1.54, 1.807) is 12.1 Å². The average molecular weight is 208 g/mol. The van der Waals surface area contributed by atoms with E-state index in [4.69, 9.17) is 11.6 Å². The standard InChI is InChI=1S/C11H10ClNO/c1-3-9-11(14)8-5-7(12)4-6(2)10(8)13-9/h3-5,13H,1-2H3. The number of aryl methyl sites for hydroxylation is 1. The van der Waals surface area contributed by atoms with Crippen LogP contribution >= 0.6 is 11.6 Å². The van der Waals surface area contributed by atoms with Crippen molar-refractivity contribution in [3.05, 3.63) is 40.1 Å². The van der Waals surface area contributed by atoms with E-state index in [1.165, 1.54) is 0 Å². The topological polar surface area (TPSA) is 29.1 Å². The predicted molar refractivity (Wildman–Crippen MR) is 57.9 cm³/mol. The van der Waals surface area contributed by atoms with Crippen molar-refractivity contribution >= 4 is 23.1 Å². The number of hydrogen-bond donors (Lipinski definition) is 1. The average Bonchev–Trinajstić information content (AvgIpc) is 2.44. The first-order chi connectivity index (χ1) is 6.63. The number of carbonyl (C=O) groups excluding carboxylic acids is 1. The molecule has 1 aromatic rings. The van der Waals surface area contributed by atoms with Crippen LogP contribution in [0.5, 0.6) is 0 Å². The molecular formula is C11H10ClNO. The number of ketones is 1. The third-order valence-electron chi connectivity index (χ3n) is 2.34. The minimum atomic E-state index is 0.0214. The van der Waals surface area contributed by atoms with Crippen molar-refractivity contribution in [2.45, 2.75) is 13.8 Å². The zero-order valence-corrected chi connectivity index (χ0v) is 8.77. The first kappa shape index (κ1) is 9.28. The van der Waals surface area contributed by atoms with Gasteiger partial charge in [0.1, 0.15) is 0 Å². The summed E-state index contributed by atoms with van der Waals surface area (Å²) < 4.78 is 0. The minimum absolute atomic E-state index is 0.0214. The molecule has 1 heterocycles. The van der Waals surface area contributed by atoms with E-state index in [0.29, 0.717) is 16.3 Å². The molecule has 0 atom stereocenters. The fourth-order valence-corrected chi connectivity index (χ4v) is 1.90. The van der Waals surface area contributed by atoms with E-state index in [9.17, 15) is 4.79 Å². The predicted octanol–water partition coefficient (Wildman–Crippen LogP) is 3.16. The second kappa shape index (κ2) is 3.14. The summed E-state index contributed by atoms with van der Waals surface area (Å²) in [5.41, 5.74) is 3.18. The maximum atomic E-state index is 11.7. The summed E-state index contributed by atoms with van der Waals surface area (Å²) in [4.78, 5) is 11.7. The summed E-state index contributed by atoms with van der Waals surface area (Å²) in [5, 5.41) is 3.69. The Morgan fingerprint density at radius 2 is 2.14 bits per heavy atom. The van der Waals surface area contributed by atoms with Gasteiger partial charge in [-0.1, -0.05) is 17.7 Å². The minimum Gasteiger partial charge on any atom is -0.352 e. The first-order valence-corrected chi connectivity index (χ1v) is 4.79. The number of nitrogens with one attached hydrogen (secondary N) is 1. The maximum absolute atomic E-state index is 11.7. The Morgan fingerprint density at radius 1 is 1.43 bits per heavy atom. The summed E-state index contributed by atoms with van der Waals surface area (Å²) >= 11 is 5.89. The van der Waals surface area contributed by atoms with Crippen molar-refractivity contribution in [3.63, 3.8) is 0 Å². The Labute approximate surface area is 87.6 Å². The quantitative estimate of drug-likeness (QED) is 0.663. The van der Waals surface area contributed by atoms with Crippen LogP contribution in [0.25, 0.3) is 0 Å². The van der Waals surface area contributed by atoms with Crippen LogP contribution in [-0.4, -0.2) is 5.78 Å². The van der Waals surface area contributed by atoms with Crippen molar-refractivity contribution in [2.24, 2.45) is 0 Å². The SMILES string of the molecule is CC=C1Nc2c(C)cc(Cl)cc2C1=O. The molecule has 2 nitrogen and oxygen atoms in total. The lowest BCUT2D eigenvalue weighted by Gasteiger charge is -2.02. The van der Waals surface area contributed by atoms with E-state index in [0.717, 1.165) is 11.3 Å². The zero-order chi connectivity index (χ0) is 10.3. The zero-order valence-electron chi connectivity index (χ0n) is 8.02. The van der Waals surface area contributed by atoms with Crippen LogP contribution in [0.1, 0.15) is 22.8 Å². The van der Waals surface area contributed by atoms with Crippen LogP contribution in [-0.2, 0) is 0 Å². The van der Waals surface area contributed by atoms with Crippen LogP contribution in [0, 0.1) is 6.92 Å². The number of hydrogen-bond acceptors (Lipinski definition) is 2. The summed E-state index contributed by atoms with van der Waals surface area (Å²) in [6, 6.07) is 3.55. The van der Waals surface area contributed by atoms with Gasteiger partial charge < -0.3 is 5.32 Å². The summed E-state index contributed by atoms with van der Waals surface area (Å²) in [5.74, 6) is 0.0214. The molecule has 1 aromatic carbocycles. The van der Waals surface area contributed by atoms with E-state index >= 15 is 0 Å². The van der Waals surface area contributed by atoms with Crippen LogP contribution < -0.4 is 5.32 Å². The fraction of sp³-hybridized carbons (Fsp3) is 0.182. The second-order valence-corrected chi connectivity index (χ2v) is 3.74. The Morgan fingerprint density at radius 3 is 2.79 bits per heavy atom. The third-order valence-corrected chi connectivity index (χ3v) is 2.56. The molecule has 0 fully saturated rings. The maximum Gasteiger partial charge on any atom is 0.210 e. The highest BCUT2D eigenvalue weighted by Crippen LogP contribution is 2.33. The number of carbonyl (C=O) groups is 1. The van der Waals surface area contributed by atoms with E-state index in [-0.39, 0.29) is 5.78 Å². The largest absolute Gasteiger partial charge is 0.352 e. The first-order valence-electron chi connectivity index (χ1n) is 4.41. The molecule has 0 saturated carbocycles. The Kier molecular flexibility index (Phi) is 2.08. The Bertz CT molecular complexity index is 449. The van der Waals surface area contributed by atoms with Crippen molar-refractivity contribution in [1.82, 2.24) is 0 Å². The Hall–Kier alpha value is -1.28. The van der Waals surface area contributed by atoms with E-state index in [1.807, 2.05) is 19.9 Å². The van der Waals surface area contributed by atoms with Crippen molar-refractivity contribution < 1.29 is 4.79 Å². The van der Waals surface area contributed by atoms with Gasteiger partial charge in [0, 0.05) is 10.6 Å². The number of benzene rings is 1. The monoisotopic (exact) mass is 207 g/mol. The van der Waals surface area contributed by atoms with Gasteiger partial charge in [-0.25, -0.2) is 0 Å². The van der Waals surface area contributed by atoms with Gasteiger partial charge in [-0.3, -0.25) is 4.79 Å². The van der Waals surface area contributed by atoms with Gasteiger partial charge in [0.2, 0.25) is 5.78 Å². The molecule has 0 spiro atoms.